The third kappa shape index (κ3) is 3.99. The average Bonchev–Trinajstić information content (AvgIpc) is 2.72. The van der Waals surface area contributed by atoms with E-state index in [9.17, 15) is 9.59 Å². The maximum atomic E-state index is 11.7. The van der Waals surface area contributed by atoms with Crippen molar-refractivity contribution in [1.82, 2.24) is 4.98 Å². The summed E-state index contributed by atoms with van der Waals surface area (Å²) in [6.45, 7) is 3.80. The minimum Gasteiger partial charge on any atom is -0.465 e. The van der Waals surface area contributed by atoms with E-state index < -0.39 is 17.9 Å². The van der Waals surface area contributed by atoms with Crippen LogP contribution in [-0.2, 0) is 25.5 Å². The molecule has 0 unspecified atom stereocenters. The Kier molecular flexibility index (Phi) is 5.57. The molecule has 6 nitrogen and oxygen atoms in total. The van der Waals surface area contributed by atoms with Crippen LogP contribution in [-0.4, -0.2) is 30.1 Å². The zero-order valence-corrected chi connectivity index (χ0v) is 11.2. The lowest BCUT2D eigenvalue weighted by Crippen LogP contribution is -2.30. The van der Waals surface area contributed by atoms with Gasteiger partial charge in [0, 0.05) is 11.8 Å². The van der Waals surface area contributed by atoms with Gasteiger partial charge in [0.05, 0.1) is 18.9 Å². The fraction of sp³-hybridized carbons (Fsp3) is 0.545. The quantitative estimate of drug-likeness (QED) is 0.614. The summed E-state index contributed by atoms with van der Waals surface area (Å²) in [4.78, 5) is 27.4. The number of anilines is 1. The van der Waals surface area contributed by atoms with Crippen LogP contribution in [0.15, 0.2) is 5.38 Å². The first kappa shape index (κ1) is 14.4. The van der Waals surface area contributed by atoms with Crippen molar-refractivity contribution in [3.05, 3.63) is 11.1 Å². The molecular weight excluding hydrogens is 256 g/mol. The highest BCUT2D eigenvalue weighted by atomic mass is 32.1. The number of carbonyl (C=O) groups excluding carboxylic acids is 2. The second-order valence-electron chi connectivity index (χ2n) is 3.44. The zero-order valence-electron chi connectivity index (χ0n) is 10.3. The van der Waals surface area contributed by atoms with E-state index in [1.165, 1.54) is 11.3 Å². The van der Waals surface area contributed by atoms with Gasteiger partial charge in [-0.05, 0) is 13.8 Å². The fourth-order valence-corrected chi connectivity index (χ4v) is 1.95. The molecule has 0 bridgehead atoms. The standard InChI is InChI=1S/C11H16N2O4S/c1-3-16-9(14)8(10(15)17-4-2)5-7-6-18-11(12)13-7/h6,8H,3-5H2,1-2H3,(H2,12,13). The Morgan fingerprint density at radius 2 is 1.89 bits per heavy atom. The molecule has 0 spiro atoms. The first-order valence-corrected chi connectivity index (χ1v) is 6.49. The summed E-state index contributed by atoms with van der Waals surface area (Å²) in [6.07, 6.45) is 0.144. The monoisotopic (exact) mass is 272 g/mol. The number of hydrogen-bond donors (Lipinski definition) is 1. The zero-order chi connectivity index (χ0) is 13.5. The summed E-state index contributed by atoms with van der Waals surface area (Å²) in [6, 6.07) is 0. The highest BCUT2D eigenvalue weighted by Gasteiger charge is 2.30. The summed E-state index contributed by atoms with van der Waals surface area (Å²) in [5.74, 6) is -2.17. The summed E-state index contributed by atoms with van der Waals surface area (Å²) in [5, 5.41) is 2.11. The number of nitrogens with two attached hydrogens (primary N) is 1. The lowest BCUT2D eigenvalue weighted by Gasteiger charge is -2.12. The Bertz CT molecular complexity index is 401. The summed E-state index contributed by atoms with van der Waals surface area (Å²) in [5.41, 5.74) is 6.09. The second kappa shape index (κ2) is 6.95. The van der Waals surface area contributed by atoms with E-state index in [1.807, 2.05) is 0 Å². The molecule has 7 heteroatoms. The second-order valence-corrected chi connectivity index (χ2v) is 4.33. The molecular formula is C11H16N2O4S. The molecule has 1 aromatic heterocycles. The van der Waals surface area contributed by atoms with Gasteiger partial charge in [-0.25, -0.2) is 4.98 Å². The Morgan fingerprint density at radius 3 is 2.28 bits per heavy atom. The van der Waals surface area contributed by atoms with E-state index in [0.29, 0.717) is 10.8 Å². The van der Waals surface area contributed by atoms with Crippen LogP contribution in [0.25, 0.3) is 0 Å². The third-order valence-corrected chi connectivity index (χ3v) is 2.85. The van der Waals surface area contributed by atoms with E-state index in [1.54, 1.807) is 19.2 Å². The Morgan fingerprint density at radius 1 is 1.33 bits per heavy atom. The molecule has 100 valence electrons. The van der Waals surface area contributed by atoms with Crippen LogP contribution in [0.3, 0.4) is 0 Å². The van der Waals surface area contributed by atoms with Gasteiger partial charge >= 0.3 is 11.9 Å². The van der Waals surface area contributed by atoms with Crippen LogP contribution in [0, 0.1) is 5.92 Å². The summed E-state index contributed by atoms with van der Waals surface area (Å²) < 4.78 is 9.71. The first-order chi connectivity index (χ1) is 8.58. The van der Waals surface area contributed by atoms with Gasteiger partial charge in [-0.2, -0.15) is 0 Å². The lowest BCUT2D eigenvalue weighted by atomic mass is 10.0. The molecule has 18 heavy (non-hydrogen) atoms. The minimum atomic E-state index is -0.980. The molecule has 1 rings (SSSR count). The molecule has 0 saturated heterocycles. The van der Waals surface area contributed by atoms with Crippen LogP contribution in [0.5, 0.6) is 0 Å². The van der Waals surface area contributed by atoms with Gasteiger partial charge in [0.1, 0.15) is 0 Å². The van der Waals surface area contributed by atoms with Gasteiger partial charge in [-0.1, -0.05) is 0 Å². The molecule has 0 saturated carbocycles. The van der Waals surface area contributed by atoms with Crippen molar-refractivity contribution in [3.8, 4) is 0 Å². The number of hydrogen-bond acceptors (Lipinski definition) is 7. The summed E-state index contributed by atoms with van der Waals surface area (Å²) >= 11 is 1.26. The average molecular weight is 272 g/mol. The van der Waals surface area contributed by atoms with Gasteiger partial charge in [0.15, 0.2) is 11.0 Å². The number of carbonyl (C=O) groups is 2. The predicted octanol–water partition coefficient (Wildman–Crippen LogP) is 1.01. The minimum absolute atomic E-state index is 0.144. The number of aromatic nitrogens is 1. The molecule has 0 aliphatic carbocycles. The SMILES string of the molecule is CCOC(=O)C(Cc1csc(N)n1)C(=O)OCC. The van der Waals surface area contributed by atoms with E-state index in [4.69, 9.17) is 15.2 Å². The third-order valence-electron chi connectivity index (χ3n) is 2.13. The molecule has 1 aromatic rings. The lowest BCUT2D eigenvalue weighted by molar-refractivity contribution is -0.161. The molecule has 0 fully saturated rings. The fourth-order valence-electron chi connectivity index (χ4n) is 1.37. The normalized spacial score (nSPS) is 10.4. The van der Waals surface area contributed by atoms with Crippen molar-refractivity contribution in [2.24, 2.45) is 5.92 Å². The van der Waals surface area contributed by atoms with Crippen molar-refractivity contribution < 1.29 is 19.1 Å². The van der Waals surface area contributed by atoms with E-state index in [2.05, 4.69) is 4.98 Å². The molecule has 0 aliphatic heterocycles. The molecule has 0 amide bonds. The van der Waals surface area contributed by atoms with Gasteiger partial charge < -0.3 is 15.2 Å². The Balaban J connectivity index is 2.76. The molecule has 1 heterocycles. The largest absolute Gasteiger partial charge is 0.465 e. The maximum absolute atomic E-state index is 11.7. The number of nitrogen functional groups attached to an aromatic ring is 1. The number of ether oxygens (including phenoxy) is 2. The topological polar surface area (TPSA) is 91.5 Å². The molecule has 0 radical (unpaired) electrons. The first-order valence-electron chi connectivity index (χ1n) is 5.61. The molecule has 2 N–H and O–H groups in total. The molecule has 0 aromatic carbocycles. The van der Waals surface area contributed by atoms with Gasteiger partial charge in [0.2, 0.25) is 0 Å². The van der Waals surface area contributed by atoms with E-state index in [-0.39, 0.29) is 19.6 Å². The Hall–Kier alpha value is -1.63. The van der Waals surface area contributed by atoms with Crippen LogP contribution in [0.4, 0.5) is 5.13 Å². The van der Waals surface area contributed by atoms with Crippen LogP contribution >= 0.6 is 11.3 Å². The van der Waals surface area contributed by atoms with E-state index in [0.717, 1.165) is 0 Å². The number of thiazole rings is 1. The summed E-state index contributed by atoms with van der Waals surface area (Å²) in [7, 11) is 0. The Labute approximate surface area is 109 Å². The van der Waals surface area contributed by atoms with Gasteiger partial charge in [-0.3, -0.25) is 9.59 Å². The van der Waals surface area contributed by atoms with Crippen LogP contribution in [0.2, 0.25) is 0 Å². The van der Waals surface area contributed by atoms with E-state index >= 15 is 0 Å². The van der Waals surface area contributed by atoms with Crippen molar-refractivity contribution in [2.75, 3.05) is 18.9 Å². The van der Waals surface area contributed by atoms with Gasteiger partial charge in [-0.15, -0.1) is 11.3 Å². The number of esters is 2. The highest BCUT2D eigenvalue weighted by Crippen LogP contribution is 2.17. The van der Waals surface area contributed by atoms with Crippen LogP contribution < -0.4 is 5.73 Å². The van der Waals surface area contributed by atoms with Crippen molar-refractivity contribution in [3.63, 3.8) is 0 Å². The number of rotatable bonds is 6. The van der Waals surface area contributed by atoms with Crippen molar-refractivity contribution in [1.29, 1.82) is 0 Å². The smallest absolute Gasteiger partial charge is 0.320 e. The van der Waals surface area contributed by atoms with Crippen LogP contribution in [0.1, 0.15) is 19.5 Å². The van der Waals surface area contributed by atoms with Gasteiger partial charge in [0.25, 0.3) is 0 Å². The predicted molar refractivity (Wildman–Crippen MR) is 67.0 cm³/mol. The maximum Gasteiger partial charge on any atom is 0.320 e. The molecule has 0 atom stereocenters. The van der Waals surface area contributed by atoms with Crippen molar-refractivity contribution >= 4 is 28.4 Å². The molecule has 0 aliphatic rings. The number of nitrogens with zero attached hydrogens (tertiary/aromatic N) is 1. The highest BCUT2D eigenvalue weighted by molar-refractivity contribution is 7.13. The van der Waals surface area contributed by atoms with Crippen molar-refractivity contribution in [2.45, 2.75) is 20.3 Å².